The number of fused-ring (bicyclic) bond motifs is 2. The van der Waals surface area contributed by atoms with Crippen molar-refractivity contribution in [3.05, 3.63) is 58.4 Å². The summed E-state index contributed by atoms with van der Waals surface area (Å²) in [4.78, 5) is 27.2. The van der Waals surface area contributed by atoms with Gasteiger partial charge in [-0.3, -0.25) is 9.59 Å². The summed E-state index contributed by atoms with van der Waals surface area (Å²) < 4.78 is 0. The lowest BCUT2D eigenvalue weighted by atomic mass is 9.51. The molecule has 1 unspecified atom stereocenters. The Morgan fingerprint density at radius 3 is 2.47 bits per heavy atom. The molecule has 3 aliphatic carbocycles. The number of hydrogen-bond donors (Lipinski definition) is 1. The van der Waals surface area contributed by atoms with Crippen LogP contribution in [0.4, 0.5) is 0 Å². The lowest BCUT2D eigenvalue weighted by Gasteiger charge is -2.52. The second-order valence-corrected chi connectivity index (χ2v) is 11.3. The van der Waals surface area contributed by atoms with Crippen LogP contribution in [-0.4, -0.2) is 34.3 Å². The number of carbonyl (C=O) groups excluding carboxylic acids is 2. The highest BCUT2D eigenvalue weighted by atomic mass is 16.3. The maximum Gasteiger partial charge on any atom is 0.261 e. The minimum absolute atomic E-state index is 0.0253. The molecule has 0 spiro atoms. The summed E-state index contributed by atoms with van der Waals surface area (Å²) in [5.74, 6) is 0.657. The standard InChI is InChI=1S/C28H35NO3/c1-15-12-27(5)13-17(3)24-22(16(2)14-28(24,6)18(15)4)19(27)9-10-21(30)23-25(31)20-8-7-11-29(20)26(23)32/h9-10,12-14,18-20,22,24,30H,7-8,11H2,1-6H3/b10-9+,15-12-,23-21-/t18-,19+,20?,22+,24+,27+,28-/m0/s1. The smallest absolute Gasteiger partial charge is 0.261 e. The van der Waals surface area contributed by atoms with E-state index in [2.05, 4.69) is 65.8 Å². The van der Waals surface area contributed by atoms with Crippen molar-refractivity contribution in [2.75, 3.05) is 6.54 Å². The first kappa shape index (κ1) is 21.5. The third kappa shape index (κ3) is 2.67. The van der Waals surface area contributed by atoms with E-state index in [0.717, 1.165) is 6.42 Å². The third-order valence-corrected chi connectivity index (χ3v) is 9.38. The summed E-state index contributed by atoms with van der Waals surface area (Å²) in [6.45, 7) is 14.4. The topological polar surface area (TPSA) is 57.6 Å². The van der Waals surface area contributed by atoms with Crippen molar-refractivity contribution < 1.29 is 14.7 Å². The first-order chi connectivity index (χ1) is 15.0. The molecule has 2 heterocycles. The molecule has 0 radical (unpaired) electrons. The Morgan fingerprint density at radius 2 is 1.78 bits per heavy atom. The summed E-state index contributed by atoms with van der Waals surface area (Å²) in [7, 11) is 0. The molecule has 0 saturated carbocycles. The summed E-state index contributed by atoms with van der Waals surface area (Å²) in [5.41, 5.74) is 4.10. The van der Waals surface area contributed by atoms with Crippen molar-refractivity contribution in [2.24, 2.45) is 34.5 Å². The molecule has 2 aliphatic heterocycles. The molecule has 0 aromatic carbocycles. The predicted molar refractivity (Wildman–Crippen MR) is 126 cm³/mol. The molecule has 1 amide bonds. The van der Waals surface area contributed by atoms with E-state index in [1.54, 1.807) is 11.0 Å². The summed E-state index contributed by atoms with van der Waals surface area (Å²) >= 11 is 0. The van der Waals surface area contributed by atoms with Gasteiger partial charge in [0.05, 0.1) is 6.04 Å². The number of aliphatic hydroxyl groups excluding tert-OH is 1. The number of aliphatic hydroxyl groups is 1. The number of hydrogen-bond acceptors (Lipinski definition) is 3. The Kier molecular flexibility index (Phi) is 4.58. The van der Waals surface area contributed by atoms with E-state index in [9.17, 15) is 14.7 Å². The van der Waals surface area contributed by atoms with Crippen LogP contribution in [0.5, 0.6) is 0 Å². The van der Waals surface area contributed by atoms with Crippen LogP contribution in [0.15, 0.2) is 58.4 Å². The van der Waals surface area contributed by atoms with Crippen LogP contribution >= 0.6 is 0 Å². The van der Waals surface area contributed by atoms with E-state index < -0.39 is 0 Å². The van der Waals surface area contributed by atoms with Gasteiger partial charge in [-0.25, -0.2) is 0 Å². The fraction of sp³-hybridized carbons (Fsp3) is 0.571. The molecule has 170 valence electrons. The quantitative estimate of drug-likeness (QED) is 0.278. The lowest BCUT2D eigenvalue weighted by molar-refractivity contribution is -0.125. The zero-order chi connectivity index (χ0) is 23.2. The lowest BCUT2D eigenvalue weighted by Crippen LogP contribution is -2.45. The fourth-order valence-corrected chi connectivity index (χ4v) is 7.83. The van der Waals surface area contributed by atoms with Gasteiger partial charge in [0.25, 0.3) is 5.91 Å². The van der Waals surface area contributed by atoms with E-state index in [0.29, 0.717) is 30.7 Å². The summed E-state index contributed by atoms with van der Waals surface area (Å²) in [6, 6.07) is -0.374. The molecule has 0 aromatic rings. The number of carbonyl (C=O) groups is 2. The van der Waals surface area contributed by atoms with E-state index in [1.165, 1.54) is 16.7 Å². The molecule has 1 N–H and O–H groups in total. The van der Waals surface area contributed by atoms with Gasteiger partial charge in [0.15, 0.2) is 5.78 Å². The fourth-order valence-electron chi connectivity index (χ4n) is 7.83. The normalized spacial score (nSPS) is 46.1. The molecular weight excluding hydrogens is 398 g/mol. The zero-order valence-electron chi connectivity index (χ0n) is 20.1. The Balaban J connectivity index is 1.59. The van der Waals surface area contributed by atoms with Crippen molar-refractivity contribution in [1.82, 2.24) is 4.90 Å². The Labute approximate surface area is 191 Å². The van der Waals surface area contributed by atoms with Gasteiger partial charge in [-0.05, 0) is 68.8 Å². The average molecular weight is 434 g/mol. The first-order valence-corrected chi connectivity index (χ1v) is 12.0. The van der Waals surface area contributed by atoms with Crippen molar-refractivity contribution in [2.45, 2.75) is 60.4 Å². The Morgan fingerprint density at radius 1 is 1.09 bits per heavy atom. The molecule has 2 fully saturated rings. The number of allylic oxidation sites excluding steroid dienone is 8. The minimum Gasteiger partial charge on any atom is -0.507 e. The van der Waals surface area contributed by atoms with Crippen molar-refractivity contribution in [3.63, 3.8) is 0 Å². The van der Waals surface area contributed by atoms with Crippen LogP contribution in [0.2, 0.25) is 0 Å². The van der Waals surface area contributed by atoms with Crippen LogP contribution in [0.3, 0.4) is 0 Å². The first-order valence-electron chi connectivity index (χ1n) is 12.0. The maximum absolute atomic E-state index is 12.8. The molecule has 7 atom stereocenters. The predicted octanol–water partition coefficient (Wildman–Crippen LogP) is 5.31. The van der Waals surface area contributed by atoms with Crippen LogP contribution < -0.4 is 0 Å². The van der Waals surface area contributed by atoms with Gasteiger partial charge in [-0.15, -0.1) is 0 Å². The van der Waals surface area contributed by atoms with Gasteiger partial charge < -0.3 is 10.0 Å². The Bertz CT molecular complexity index is 1050. The molecule has 2 bridgehead atoms. The van der Waals surface area contributed by atoms with Gasteiger partial charge in [0.1, 0.15) is 11.3 Å². The number of nitrogens with zero attached hydrogens (tertiary/aromatic N) is 1. The highest BCUT2D eigenvalue weighted by Crippen LogP contribution is 2.64. The van der Waals surface area contributed by atoms with E-state index in [4.69, 9.17) is 0 Å². The number of Topliss-reactive ketones (excluding diaryl/α,β-unsaturated/α-hetero) is 1. The van der Waals surface area contributed by atoms with Crippen LogP contribution in [0, 0.1) is 34.5 Å². The van der Waals surface area contributed by atoms with E-state index in [-0.39, 0.29) is 45.8 Å². The number of rotatable bonds is 2. The maximum atomic E-state index is 12.8. The molecule has 4 heteroatoms. The van der Waals surface area contributed by atoms with Crippen LogP contribution in [0.25, 0.3) is 0 Å². The average Bonchev–Trinajstić information content (AvgIpc) is 3.35. The highest BCUT2D eigenvalue weighted by molar-refractivity contribution is 6.27. The number of amides is 1. The van der Waals surface area contributed by atoms with E-state index >= 15 is 0 Å². The molecule has 5 rings (SSSR count). The van der Waals surface area contributed by atoms with Crippen molar-refractivity contribution in [3.8, 4) is 0 Å². The molecular formula is C28H35NO3. The largest absolute Gasteiger partial charge is 0.507 e. The molecule has 0 aromatic heterocycles. The van der Waals surface area contributed by atoms with Crippen molar-refractivity contribution in [1.29, 1.82) is 0 Å². The second-order valence-electron chi connectivity index (χ2n) is 11.3. The monoisotopic (exact) mass is 433 g/mol. The van der Waals surface area contributed by atoms with Gasteiger partial charge in [0.2, 0.25) is 0 Å². The second kappa shape index (κ2) is 6.82. The molecule has 5 aliphatic rings. The number of ketones is 1. The van der Waals surface area contributed by atoms with Crippen LogP contribution in [-0.2, 0) is 9.59 Å². The molecule has 32 heavy (non-hydrogen) atoms. The Hall–Kier alpha value is -2.36. The van der Waals surface area contributed by atoms with Gasteiger partial charge in [-0.2, -0.15) is 0 Å². The van der Waals surface area contributed by atoms with Crippen molar-refractivity contribution >= 4 is 11.7 Å². The SMILES string of the molecule is CC1=C[C@]2(C)[C@@H]3C(C)=C[C@@](C)(/C=C(/C)[C@@H]2C)[C@H](/C=C/C(O)=C2\C(=O)C4CCCN4C2=O)[C@@H]13. The van der Waals surface area contributed by atoms with Gasteiger partial charge in [-0.1, -0.05) is 61.8 Å². The molecule has 2 saturated heterocycles. The zero-order valence-corrected chi connectivity index (χ0v) is 20.1. The minimum atomic E-state index is -0.374. The van der Waals surface area contributed by atoms with Gasteiger partial charge >= 0.3 is 0 Å². The highest BCUT2D eigenvalue weighted by Gasteiger charge is 2.56. The van der Waals surface area contributed by atoms with Crippen LogP contribution in [0.1, 0.15) is 54.4 Å². The molecule has 4 nitrogen and oxygen atoms in total. The summed E-state index contributed by atoms with van der Waals surface area (Å²) in [5, 5.41) is 10.9. The summed E-state index contributed by atoms with van der Waals surface area (Å²) in [6.07, 6.45) is 12.6. The third-order valence-electron chi connectivity index (χ3n) is 9.38. The van der Waals surface area contributed by atoms with E-state index in [1.807, 2.05) is 0 Å². The van der Waals surface area contributed by atoms with Gasteiger partial charge in [0, 0.05) is 12.0 Å².